The highest BCUT2D eigenvalue weighted by molar-refractivity contribution is 5.70. The van der Waals surface area contributed by atoms with Crippen LogP contribution in [0.1, 0.15) is 37.7 Å². The summed E-state index contributed by atoms with van der Waals surface area (Å²) in [6.07, 6.45) is 9.30. The van der Waals surface area contributed by atoms with Crippen LogP contribution in [0.3, 0.4) is 0 Å². The fourth-order valence-corrected chi connectivity index (χ4v) is 3.35. The van der Waals surface area contributed by atoms with E-state index in [1.54, 1.807) is 11.9 Å². The summed E-state index contributed by atoms with van der Waals surface area (Å²) in [5, 5.41) is 14.9. The zero-order chi connectivity index (χ0) is 19.1. The smallest absolute Gasteiger partial charge is 0.353 e. The molecule has 142 valence electrons. The third kappa shape index (κ3) is 5.03. The second-order valence-corrected chi connectivity index (χ2v) is 6.78. The van der Waals surface area contributed by atoms with E-state index in [2.05, 4.69) is 21.4 Å². The first-order chi connectivity index (χ1) is 13.1. The maximum absolute atomic E-state index is 11.7. The van der Waals surface area contributed by atoms with E-state index in [0.717, 1.165) is 24.8 Å². The van der Waals surface area contributed by atoms with Gasteiger partial charge in [-0.3, -0.25) is 10.1 Å². The van der Waals surface area contributed by atoms with Gasteiger partial charge in [-0.25, -0.2) is 9.97 Å². The topological polar surface area (TPSA) is 84.2 Å². The predicted molar refractivity (Wildman–Crippen MR) is 107 cm³/mol. The van der Waals surface area contributed by atoms with Crippen LogP contribution in [0, 0.1) is 10.1 Å². The lowest BCUT2D eigenvalue weighted by Gasteiger charge is -2.19. The summed E-state index contributed by atoms with van der Waals surface area (Å²) in [5.74, 6) is 0.597. The Morgan fingerprint density at radius 2 is 2.04 bits per heavy atom. The number of allylic oxidation sites excluding steroid dienone is 1. The van der Waals surface area contributed by atoms with Crippen LogP contribution in [-0.4, -0.2) is 28.5 Å². The first-order valence-electron chi connectivity index (χ1n) is 9.31. The van der Waals surface area contributed by atoms with Crippen molar-refractivity contribution < 1.29 is 4.92 Å². The molecule has 1 aromatic heterocycles. The molecule has 0 unspecified atom stereocenters. The molecule has 0 saturated heterocycles. The lowest BCUT2D eigenvalue weighted by molar-refractivity contribution is -0.383. The van der Waals surface area contributed by atoms with E-state index >= 15 is 0 Å². The Labute approximate surface area is 159 Å². The lowest BCUT2D eigenvalue weighted by atomic mass is 9.97. The molecule has 7 heteroatoms. The molecule has 1 N–H and O–H groups in total. The van der Waals surface area contributed by atoms with Gasteiger partial charge in [-0.05, 0) is 37.7 Å². The molecule has 7 nitrogen and oxygen atoms in total. The molecule has 0 aliphatic heterocycles. The van der Waals surface area contributed by atoms with E-state index in [-0.39, 0.29) is 11.5 Å². The van der Waals surface area contributed by atoms with E-state index in [1.165, 1.54) is 24.7 Å². The molecule has 1 aromatic carbocycles. The summed E-state index contributed by atoms with van der Waals surface area (Å²) in [4.78, 5) is 21.4. The standard InChI is InChI=1S/C20H25N5O2/c1-24(14-17-10-6-3-7-11-17)20-18(25(26)27)19(22-15-23-20)21-13-12-16-8-4-2-5-9-16/h3,6-8,10-11,15H,2,4-5,9,12-14H2,1H3,(H,21,22,23). The van der Waals surface area contributed by atoms with Crippen LogP contribution in [0.2, 0.25) is 0 Å². The van der Waals surface area contributed by atoms with Crippen molar-refractivity contribution in [2.24, 2.45) is 0 Å². The van der Waals surface area contributed by atoms with Crippen molar-refractivity contribution in [3.63, 3.8) is 0 Å². The van der Waals surface area contributed by atoms with Gasteiger partial charge in [0.2, 0.25) is 11.6 Å². The monoisotopic (exact) mass is 367 g/mol. The highest BCUT2D eigenvalue weighted by Gasteiger charge is 2.25. The number of anilines is 2. The fraction of sp³-hybridized carbons (Fsp3) is 0.400. The minimum atomic E-state index is -0.404. The summed E-state index contributed by atoms with van der Waals surface area (Å²) in [5.41, 5.74) is 2.41. The Morgan fingerprint density at radius 3 is 2.74 bits per heavy atom. The molecule has 0 saturated carbocycles. The molecule has 1 aliphatic rings. The van der Waals surface area contributed by atoms with Gasteiger partial charge in [0.05, 0.1) is 4.92 Å². The molecule has 0 bridgehead atoms. The van der Waals surface area contributed by atoms with Crippen LogP contribution in [0.25, 0.3) is 0 Å². The van der Waals surface area contributed by atoms with E-state index in [9.17, 15) is 10.1 Å². The first-order valence-corrected chi connectivity index (χ1v) is 9.31. The van der Waals surface area contributed by atoms with Crippen LogP contribution >= 0.6 is 0 Å². The van der Waals surface area contributed by atoms with Crippen molar-refractivity contribution in [1.29, 1.82) is 0 Å². The van der Waals surface area contributed by atoms with Crippen molar-refractivity contribution >= 4 is 17.3 Å². The fourth-order valence-electron chi connectivity index (χ4n) is 3.35. The predicted octanol–water partition coefficient (Wildman–Crippen LogP) is 4.32. The third-order valence-electron chi connectivity index (χ3n) is 4.73. The Balaban J connectivity index is 1.73. The molecular formula is C20H25N5O2. The minimum absolute atomic E-state index is 0.0754. The largest absolute Gasteiger partial charge is 0.364 e. The molecule has 0 spiro atoms. The molecule has 0 amide bonds. The van der Waals surface area contributed by atoms with Gasteiger partial charge in [-0.1, -0.05) is 42.0 Å². The van der Waals surface area contributed by atoms with Gasteiger partial charge in [-0.2, -0.15) is 0 Å². The van der Waals surface area contributed by atoms with Gasteiger partial charge in [0.1, 0.15) is 6.33 Å². The highest BCUT2D eigenvalue weighted by atomic mass is 16.6. The van der Waals surface area contributed by atoms with Gasteiger partial charge in [-0.15, -0.1) is 0 Å². The maximum atomic E-state index is 11.7. The highest BCUT2D eigenvalue weighted by Crippen LogP contribution is 2.32. The first kappa shape index (κ1) is 18.8. The molecule has 0 radical (unpaired) electrons. The van der Waals surface area contributed by atoms with E-state index in [4.69, 9.17) is 0 Å². The lowest BCUT2D eigenvalue weighted by Crippen LogP contribution is -2.20. The van der Waals surface area contributed by atoms with Gasteiger partial charge in [0.15, 0.2) is 0 Å². The van der Waals surface area contributed by atoms with Crippen LogP contribution in [0.5, 0.6) is 0 Å². The van der Waals surface area contributed by atoms with Crippen molar-refractivity contribution in [1.82, 2.24) is 9.97 Å². The number of rotatable bonds is 8. The second kappa shape index (κ2) is 9.12. The van der Waals surface area contributed by atoms with Crippen LogP contribution in [0.4, 0.5) is 17.3 Å². The van der Waals surface area contributed by atoms with Crippen molar-refractivity contribution in [2.45, 2.75) is 38.6 Å². The molecule has 0 atom stereocenters. The van der Waals surface area contributed by atoms with Crippen molar-refractivity contribution in [2.75, 3.05) is 23.8 Å². The average molecular weight is 367 g/mol. The van der Waals surface area contributed by atoms with E-state index < -0.39 is 4.92 Å². The number of benzene rings is 1. The quantitative estimate of drug-likeness (QED) is 0.425. The molecule has 0 fully saturated rings. The minimum Gasteiger partial charge on any atom is -0.364 e. The van der Waals surface area contributed by atoms with Crippen LogP contribution in [-0.2, 0) is 6.54 Å². The van der Waals surface area contributed by atoms with Crippen LogP contribution < -0.4 is 10.2 Å². The second-order valence-electron chi connectivity index (χ2n) is 6.78. The van der Waals surface area contributed by atoms with Crippen LogP contribution in [0.15, 0.2) is 48.3 Å². The Morgan fingerprint density at radius 1 is 1.22 bits per heavy atom. The summed E-state index contributed by atoms with van der Waals surface area (Å²) >= 11 is 0. The van der Waals surface area contributed by atoms with Gasteiger partial charge < -0.3 is 10.2 Å². The number of nitrogens with one attached hydrogen (secondary N) is 1. The summed E-state index contributed by atoms with van der Waals surface area (Å²) in [6.45, 7) is 1.16. The van der Waals surface area contributed by atoms with E-state index in [0.29, 0.717) is 18.9 Å². The summed E-state index contributed by atoms with van der Waals surface area (Å²) < 4.78 is 0. The van der Waals surface area contributed by atoms with Crippen molar-refractivity contribution in [3.8, 4) is 0 Å². The molecule has 1 aliphatic carbocycles. The maximum Gasteiger partial charge on any atom is 0.353 e. The summed E-state index contributed by atoms with van der Waals surface area (Å²) in [6, 6.07) is 9.82. The molecule has 1 heterocycles. The molecular weight excluding hydrogens is 342 g/mol. The third-order valence-corrected chi connectivity index (χ3v) is 4.73. The van der Waals surface area contributed by atoms with Gasteiger partial charge >= 0.3 is 5.69 Å². The summed E-state index contributed by atoms with van der Waals surface area (Å²) in [7, 11) is 1.80. The van der Waals surface area contributed by atoms with Gasteiger partial charge in [0, 0.05) is 20.1 Å². The molecule has 27 heavy (non-hydrogen) atoms. The molecule has 3 rings (SSSR count). The zero-order valence-electron chi connectivity index (χ0n) is 15.6. The number of hydrogen-bond acceptors (Lipinski definition) is 6. The number of hydrogen-bond donors (Lipinski definition) is 1. The number of nitrogens with zero attached hydrogens (tertiary/aromatic N) is 4. The van der Waals surface area contributed by atoms with Gasteiger partial charge in [0.25, 0.3) is 0 Å². The Hall–Kier alpha value is -2.96. The van der Waals surface area contributed by atoms with Crippen molar-refractivity contribution in [3.05, 3.63) is 64.0 Å². The molecule has 2 aromatic rings. The zero-order valence-corrected chi connectivity index (χ0v) is 15.6. The normalized spacial score (nSPS) is 13.7. The Bertz CT molecular complexity index is 807. The number of aromatic nitrogens is 2. The SMILES string of the molecule is CN(Cc1ccccc1)c1ncnc(NCCC2=CCCCC2)c1[N+](=O)[O-]. The Kier molecular flexibility index (Phi) is 6.35. The van der Waals surface area contributed by atoms with E-state index in [1.807, 2.05) is 30.3 Å². The number of nitro groups is 1. The average Bonchev–Trinajstić information content (AvgIpc) is 2.69.